The fourth-order valence-electron chi connectivity index (χ4n) is 2.21. The van der Waals surface area contributed by atoms with Crippen LogP contribution < -0.4 is 0 Å². The van der Waals surface area contributed by atoms with Crippen molar-refractivity contribution in [2.75, 3.05) is 13.2 Å². The summed E-state index contributed by atoms with van der Waals surface area (Å²) in [7, 11) is 3.86. The van der Waals surface area contributed by atoms with Gasteiger partial charge in [-0.3, -0.25) is 4.79 Å². The minimum Gasteiger partial charge on any atom is -0.415 e. The smallest absolute Gasteiger partial charge is 0.223 e. The molecule has 0 aromatic rings. The van der Waals surface area contributed by atoms with Crippen molar-refractivity contribution in [2.24, 2.45) is 5.92 Å². The Kier molecular flexibility index (Phi) is 5.29. The average molecular weight is 281 g/mol. The Labute approximate surface area is 120 Å². The van der Waals surface area contributed by atoms with Crippen molar-refractivity contribution >= 4 is 22.1 Å². The van der Waals surface area contributed by atoms with E-state index in [1.165, 1.54) is 0 Å². The second kappa shape index (κ2) is 6.00. The van der Waals surface area contributed by atoms with Crippen molar-refractivity contribution in [3.05, 3.63) is 0 Å². The Morgan fingerprint density at radius 2 is 2.00 bits per heavy atom. The average Bonchev–Trinajstić information content (AvgIpc) is 2.50. The van der Waals surface area contributed by atoms with Crippen LogP contribution in [0.5, 0.6) is 0 Å². The Hall–Kier alpha value is -0.288. The van der Waals surface area contributed by atoms with Gasteiger partial charge in [-0.2, -0.15) is 0 Å². The Morgan fingerprint density at radius 1 is 1.42 bits per heavy atom. The topological polar surface area (TPSA) is 29.5 Å². The fraction of sp³-hybridized carbons (Fsp3) is 0.929. The van der Waals surface area contributed by atoms with Gasteiger partial charge < -0.3 is 9.33 Å². The molecule has 108 valence electrons. The highest BCUT2D eigenvalue weighted by molar-refractivity contribution is 6.74. The van der Waals surface area contributed by atoms with Crippen LogP contribution in [0.4, 0.5) is 0 Å². The van der Waals surface area contributed by atoms with Crippen LogP contribution in [0.2, 0.25) is 24.5 Å². The molecule has 0 saturated carbocycles. The van der Waals surface area contributed by atoms with Gasteiger partial charge in [0.2, 0.25) is 5.91 Å². The second-order valence-corrected chi connectivity index (χ2v) is 12.0. The largest absolute Gasteiger partial charge is 0.415 e. The summed E-state index contributed by atoms with van der Waals surface area (Å²) in [5.41, 5.74) is 0. The van der Waals surface area contributed by atoms with E-state index in [2.05, 4.69) is 40.8 Å². The van der Waals surface area contributed by atoms with E-state index in [1.807, 2.05) is 4.90 Å². The molecule has 3 nitrogen and oxygen atoms in total. The minimum absolute atomic E-state index is 0.199. The van der Waals surface area contributed by atoms with Crippen molar-refractivity contribution < 1.29 is 9.22 Å². The second-order valence-electron chi connectivity index (χ2n) is 7.20. The molecule has 0 N–H and O–H groups in total. The highest BCUT2D eigenvalue weighted by Gasteiger charge is 2.41. The van der Waals surface area contributed by atoms with E-state index in [4.69, 9.17) is 12.3 Å². The molecule has 1 fully saturated rings. The summed E-state index contributed by atoms with van der Waals surface area (Å²) in [5, 5.41) is 0.206. The summed E-state index contributed by atoms with van der Waals surface area (Å²) in [4.78, 5) is 13.8. The molecule has 0 aromatic carbocycles. The van der Waals surface area contributed by atoms with Gasteiger partial charge in [0.05, 0.1) is 20.5 Å². The number of carbonyl (C=O) groups excluding carboxylic acids is 1. The molecule has 0 aromatic heterocycles. The fourth-order valence-corrected chi connectivity index (χ4v) is 3.24. The third-order valence-electron chi connectivity index (χ3n) is 4.67. The van der Waals surface area contributed by atoms with Crippen molar-refractivity contribution in [1.82, 2.24) is 4.90 Å². The van der Waals surface area contributed by atoms with E-state index in [0.29, 0.717) is 31.8 Å². The number of hydrogen-bond acceptors (Lipinski definition) is 2. The van der Waals surface area contributed by atoms with E-state index in [9.17, 15) is 4.79 Å². The molecular weight excluding hydrogens is 253 g/mol. The van der Waals surface area contributed by atoms with Gasteiger partial charge in [-0.05, 0) is 24.1 Å². The van der Waals surface area contributed by atoms with Crippen LogP contribution in [0, 0.1) is 5.92 Å². The lowest BCUT2D eigenvalue weighted by Gasteiger charge is -2.38. The SMILES string of the molecule is [B]CCN1C(=O)CC(C)C1CO[Si](C)(C)C(C)(C)C. The molecule has 1 heterocycles. The first-order valence-corrected chi connectivity index (χ1v) is 10.1. The maximum absolute atomic E-state index is 11.9. The van der Waals surface area contributed by atoms with Crippen molar-refractivity contribution in [3.63, 3.8) is 0 Å². The lowest BCUT2D eigenvalue weighted by atomic mass is 10.0. The zero-order valence-electron chi connectivity index (χ0n) is 13.3. The normalized spacial score (nSPS) is 25.2. The van der Waals surface area contributed by atoms with Gasteiger partial charge in [-0.15, -0.1) is 0 Å². The van der Waals surface area contributed by atoms with Crippen LogP contribution in [0.25, 0.3) is 0 Å². The van der Waals surface area contributed by atoms with E-state index in [0.717, 1.165) is 0 Å². The molecule has 19 heavy (non-hydrogen) atoms. The van der Waals surface area contributed by atoms with E-state index >= 15 is 0 Å². The van der Waals surface area contributed by atoms with Crippen molar-refractivity contribution in [3.8, 4) is 0 Å². The maximum atomic E-state index is 11.9. The van der Waals surface area contributed by atoms with Crippen LogP contribution >= 0.6 is 0 Å². The highest BCUT2D eigenvalue weighted by Crippen LogP contribution is 2.37. The first-order valence-electron chi connectivity index (χ1n) is 7.23. The lowest BCUT2D eigenvalue weighted by molar-refractivity contribution is -0.129. The van der Waals surface area contributed by atoms with Gasteiger partial charge in [0.15, 0.2) is 8.32 Å². The van der Waals surface area contributed by atoms with E-state index in [1.54, 1.807) is 0 Å². The molecular formula is C14H28BNO2Si. The van der Waals surface area contributed by atoms with Gasteiger partial charge in [-0.1, -0.05) is 34.0 Å². The first kappa shape index (κ1) is 16.8. The molecule has 1 aliphatic heterocycles. The summed E-state index contributed by atoms with van der Waals surface area (Å²) in [6.45, 7) is 14.6. The predicted octanol–water partition coefficient (Wildman–Crippen LogP) is 2.83. The maximum Gasteiger partial charge on any atom is 0.223 e. The van der Waals surface area contributed by atoms with Gasteiger partial charge in [0, 0.05) is 13.0 Å². The summed E-state index contributed by atoms with van der Waals surface area (Å²) in [6, 6.07) is 0.199. The number of rotatable bonds is 5. The summed E-state index contributed by atoms with van der Waals surface area (Å²) < 4.78 is 6.28. The molecule has 1 rings (SSSR count). The molecule has 0 bridgehead atoms. The monoisotopic (exact) mass is 281 g/mol. The molecule has 2 atom stereocenters. The van der Waals surface area contributed by atoms with E-state index < -0.39 is 8.32 Å². The van der Waals surface area contributed by atoms with Crippen molar-refractivity contribution in [1.29, 1.82) is 0 Å². The molecule has 2 radical (unpaired) electrons. The summed E-state index contributed by atoms with van der Waals surface area (Å²) >= 11 is 0. The predicted molar refractivity (Wildman–Crippen MR) is 83.0 cm³/mol. The number of nitrogens with zero attached hydrogens (tertiary/aromatic N) is 1. The third-order valence-corrected chi connectivity index (χ3v) is 9.17. The number of likely N-dealkylation sites (tertiary alicyclic amines) is 1. The summed E-state index contributed by atoms with van der Waals surface area (Å²) in [6.07, 6.45) is 1.15. The Balaban J connectivity index is 2.67. The number of amides is 1. The first-order chi connectivity index (χ1) is 8.60. The van der Waals surface area contributed by atoms with Crippen LogP contribution in [-0.2, 0) is 9.22 Å². The van der Waals surface area contributed by atoms with Crippen LogP contribution in [-0.4, -0.2) is 46.2 Å². The van der Waals surface area contributed by atoms with E-state index in [-0.39, 0.29) is 17.0 Å². The van der Waals surface area contributed by atoms with Gasteiger partial charge >= 0.3 is 0 Å². The third kappa shape index (κ3) is 3.85. The number of carbonyl (C=O) groups is 1. The molecule has 2 unspecified atom stereocenters. The standard InChI is InChI=1S/C14H28BNO2Si/c1-11-9-13(17)16(8-7-15)12(11)10-18-19(5,6)14(2,3)4/h11-12H,7-10H2,1-6H3. The van der Waals surface area contributed by atoms with Crippen LogP contribution in [0.3, 0.4) is 0 Å². The van der Waals surface area contributed by atoms with Crippen molar-refractivity contribution in [2.45, 2.75) is 64.6 Å². The molecule has 5 heteroatoms. The quantitative estimate of drug-likeness (QED) is 0.725. The summed E-state index contributed by atoms with van der Waals surface area (Å²) in [5.74, 6) is 0.589. The van der Waals surface area contributed by atoms with Crippen LogP contribution in [0.1, 0.15) is 34.1 Å². The Morgan fingerprint density at radius 3 is 2.47 bits per heavy atom. The van der Waals surface area contributed by atoms with Gasteiger partial charge in [0.1, 0.15) is 0 Å². The van der Waals surface area contributed by atoms with Gasteiger partial charge in [0.25, 0.3) is 0 Å². The zero-order chi connectivity index (χ0) is 14.8. The molecule has 1 saturated heterocycles. The lowest BCUT2D eigenvalue weighted by Crippen LogP contribution is -2.46. The van der Waals surface area contributed by atoms with Gasteiger partial charge in [-0.25, -0.2) is 0 Å². The van der Waals surface area contributed by atoms with Crippen LogP contribution in [0.15, 0.2) is 0 Å². The minimum atomic E-state index is -1.75. The molecule has 1 amide bonds. The molecule has 0 spiro atoms. The Bertz CT molecular complexity index is 328. The molecule has 1 aliphatic rings. The molecule has 0 aliphatic carbocycles. The highest BCUT2D eigenvalue weighted by atomic mass is 28.4. The zero-order valence-corrected chi connectivity index (χ0v) is 14.3. The number of hydrogen-bond donors (Lipinski definition) is 0.